The minimum absolute atomic E-state index is 0.276. The summed E-state index contributed by atoms with van der Waals surface area (Å²) in [6.45, 7) is 2.28. The molecule has 2 heterocycles. The Kier molecular flexibility index (Phi) is 7.79. The van der Waals surface area contributed by atoms with Crippen molar-refractivity contribution in [2.45, 2.75) is 25.9 Å². The summed E-state index contributed by atoms with van der Waals surface area (Å²) in [5.41, 5.74) is 3.44. The number of carbonyl (C=O) groups is 2. The fraction of sp³-hybridized carbons (Fsp3) is 0.259. The van der Waals surface area contributed by atoms with Gasteiger partial charge < -0.3 is 19.5 Å². The number of carbonyl (C=O) groups excluding carboxylic acids is 2. The Morgan fingerprint density at radius 1 is 1.06 bits per heavy atom. The number of aromatic nitrogens is 1. The summed E-state index contributed by atoms with van der Waals surface area (Å²) in [7, 11) is 3.15. The number of hydrogen-bond donors (Lipinski definition) is 1. The van der Waals surface area contributed by atoms with Crippen molar-refractivity contribution in [3.63, 3.8) is 0 Å². The van der Waals surface area contributed by atoms with Crippen LogP contribution in [0.4, 0.5) is 10.5 Å². The molecule has 1 atom stereocenters. The first-order valence-corrected chi connectivity index (χ1v) is 11.6. The van der Waals surface area contributed by atoms with E-state index in [4.69, 9.17) is 14.2 Å². The van der Waals surface area contributed by atoms with Gasteiger partial charge in [0.25, 0.3) is 5.91 Å². The van der Waals surface area contributed by atoms with Gasteiger partial charge in [-0.25, -0.2) is 4.79 Å². The molecule has 0 bridgehead atoms. The van der Waals surface area contributed by atoms with E-state index in [-0.39, 0.29) is 5.91 Å². The van der Waals surface area contributed by atoms with Gasteiger partial charge in [0, 0.05) is 17.4 Å². The zero-order valence-electron chi connectivity index (χ0n) is 20.4. The van der Waals surface area contributed by atoms with E-state index in [0.717, 1.165) is 11.1 Å². The average molecular weight is 489 g/mol. The SMILES string of the molecule is CCC1OC(=O)N(CCc2ccc(NC(=O)c3ccccn3)cc2)N=C1c1ccc(OC)c(OC)c1. The zero-order chi connectivity index (χ0) is 25.5. The molecular weight excluding hydrogens is 460 g/mol. The van der Waals surface area contributed by atoms with Gasteiger partial charge in [-0.15, -0.1) is 0 Å². The summed E-state index contributed by atoms with van der Waals surface area (Å²) in [6, 6.07) is 18.1. The van der Waals surface area contributed by atoms with Crippen LogP contribution in [0.1, 0.15) is 35.0 Å². The molecule has 1 aliphatic heterocycles. The Hall–Kier alpha value is -4.40. The lowest BCUT2D eigenvalue weighted by Gasteiger charge is -2.29. The number of hydrazone groups is 1. The van der Waals surface area contributed by atoms with Crippen LogP contribution in [0.15, 0.2) is 72.0 Å². The van der Waals surface area contributed by atoms with Crippen LogP contribution in [0, 0.1) is 0 Å². The summed E-state index contributed by atoms with van der Waals surface area (Å²) >= 11 is 0. The first kappa shape index (κ1) is 24.7. The van der Waals surface area contributed by atoms with E-state index >= 15 is 0 Å². The van der Waals surface area contributed by atoms with E-state index in [9.17, 15) is 9.59 Å². The molecule has 0 aliphatic carbocycles. The number of rotatable bonds is 9. The highest BCUT2D eigenvalue weighted by atomic mass is 16.6. The van der Waals surface area contributed by atoms with Crippen LogP contribution in [-0.4, -0.2) is 54.6 Å². The van der Waals surface area contributed by atoms with Crippen LogP contribution in [0.25, 0.3) is 0 Å². The predicted octanol–water partition coefficient (Wildman–Crippen LogP) is 4.53. The Morgan fingerprint density at radius 3 is 2.50 bits per heavy atom. The normalized spacial score (nSPS) is 15.1. The van der Waals surface area contributed by atoms with Crippen LogP contribution in [0.2, 0.25) is 0 Å². The van der Waals surface area contributed by atoms with Crippen molar-refractivity contribution < 1.29 is 23.8 Å². The van der Waals surface area contributed by atoms with Crippen LogP contribution >= 0.6 is 0 Å². The van der Waals surface area contributed by atoms with Gasteiger partial charge >= 0.3 is 6.09 Å². The number of benzene rings is 2. The van der Waals surface area contributed by atoms with Crippen molar-refractivity contribution in [2.75, 3.05) is 26.1 Å². The lowest BCUT2D eigenvalue weighted by molar-refractivity contribution is 0.0741. The van der Waals surface area contributed by atoms with E-state index in [1.165, 1.54) is 5.01 Å². The number of amides is 2. The number of hydrogen-bond acceptors (Lipinski definition) is 7. The van der Waals surface area contributed by atoms with Gasteiger partial charge in [-0.3, -0.25) is 9.78 Å². The number of anilines is 1. The zero-order valence-corrected chi connectivity index (χ0v) is 20.4. The Bertz CT molecular complexity index is 1240. The van der Waals surface area contributed by atoms with Gasteiger partial charge in [-0.05, 0) is 60.9 Å². The fourth-order valence-corrected chi connectivity index (χ4v) is 3.81. The molecule has 3 aromatic rings. The molecule has 2 aromatic carbocycles. The van der Waals surface area contributed by atoms with Gasteiger partial charge in [0.2, 0.25) is 0 Å². The first-order valence-electron chi connectivity index (χ1n) is 11.6. The van der Waals surface area contributed by atoms with Gasteiger partial charge in [0.15, 0.2) is 11.5 Å². The molecule has 1 N–H and O–H groups in total. The maximum Gasteiger partial charge on any atom is 0.431 e. The maximum absolute atomic E-state index is 12.6. The smallest absolute Gasteiger partial charge is 0.431 e. The summed E-state index contributed by atoms with van der Waals surface area (Å²) < 4.78 is 16.4. The lowest BCUT2D eigenvalue weighted by Crippen LogP contribution is -2.42. The second-order valence-corrected chi connectivity index (χ2v) is 8.07. The van der Waals surface area contributed by atoms with E-state index in [0.29, 0.717) is 48.0 Å². The average Bonchev–Trinajstić information content (AvgIpc) is 2.93. The lowest BCUT2D eigenvalue weighted by atomic mass is 10.0. The molecule has 186 valence electrons. The molecule has 1 aliphatic rings. The topological polar surface area (TPSA) is 102 Å². The number of cyclic esters (lactones) is 1. The van der Waals surface area contributed by atoms with E-state index in [2.05, 4.69) is 15.4 Å². The highest BCUT2D eigenvalue weighted by Gasteiger charge is 2.31. The van der Waals surface area contributed by atoms with Gasteiger partial charge in [-0.2, -0.15) is 10.1 Å². The molecular formula is C27H28N4O5. The number of pyridine rings is 1. The highest BCUT2D eigenvalue weighted by molar-refractivity contribution is 6.06. The van der Waals surface area contributed by atoms with Gasteiger partial charge in [0.1, 0.15) is 17.5 Å². The summed E-state index contributed by atoms with van der Waals surface area (Å²) in [5, 5.41) is 8.80. The molecule has 4 rings (SSSR count). The van der Waals surface area contributed by atoms with Crippen LogP contribution < -0.4 is 14.8 Å². The third-order valence-corrected chi connectivity index (χ3v) is 5.76. The second-order valence-electron chi connectivity index (χ2n) is 8.07. The molecule has 2 amide bonds. The summed E-state index contributed by atoms with van der Waals surface area (Å²) in [4.78, 5) is 28.9. The van der Waals surface area contributed by atoms with E-state index < -0.39 is 12.2 Å². The minimum Gasteiger partial charge on any atom is -0.493 e. The molecule has 0 radical (unpaired) electrons. The molecule has 0 saturated heterocycles. The van der Waals surface area contributed by atoms with E-state index in [1.54, 1.807) is 44.7 Å². The quantitative estimate of drug-likeness (QED) is 0.475. The first-order chi connectivity index (χ1) is 17.5. The summed E-state index contributed by atoms with van der Waals surface area (Å²) in [5.74, 6) is 0.910. The minimum atomic E-state index is -0.481. The van der Waals surface area contributed by atoms with Crippen molar-refractivity contribution in [3.8, 4) is 11.5 Å². The largest absolute Gasteiger partial charge is 0.493 e. The van der Waals surface area contributed by atoms with Crippen molar-refractivity contribution in [3.05, 3.63) is 83.7 Å². The monoisotopic (exact) mass is 488 g/mol. The van der Waals surface area contributed by atoms with Crippen LogP contribution in [0.5, 0.6) is 11.5 Å². The number of nitrogens with one attached hydrogen (secondary N) is 1. The molecule has 0 spiro atoms. The van der Waals surface area contributed by atoms with E-state index in [1.807, 2.05) is 43.3 Å². The maximum atomic E-state index is 12.6. The third-order valence-electron chi connectivity index (χ3n) is 5.76. The summed E-state index contributed by atoms with van der Waals surface area (Å²) in [6.07, 6.45) is 1.80. The Balaban J connectivity index is 1.45. The molecule has 1 aromatic heterocycles. The van der Waals surface area contributed by atoms with Crippen LogP contribution in [-0.2, 0) is 11.2 Å². The third kappa shape index (κ3) is 5.63. The highest BCUT2D eigenvalue weighted by Crippen LogP contribution is 2.30. The van der Waals surface area contributed by atoms with Gasteiger partial charge in [0.05, 0.1) is 20.8 Å². The number of ether oxygens (including phenoxy) is 3. The van der Waals surface area contributed by atoms with Crippen molar-refractivity contribution in [2.24, 2.45) is 5.10 Å². The molecule has 0 fully saturated rings. The van der Waals surface area contributed by atoms with Crippen molar-refractivity contribution in [1.29, 1.82) is 0 Å². The Labute approximate surface area is 209 Å². The number of methoxy groups -OCH3 is 2. The van der Waals surface area contributed by atoms with Gasteiger partial charge in [-0.1, -0.05) is 25.1 Å². The molecule has 1 unspecified atom stereocenters. The second kappa shape index (κ2) is 11.4. The molecule has 0 saturated carbocycles. The standard InChI is InChI=1S/C27H28N4O5/c1-4-22-25(19-10-13-23(34-2)24(17-19)35-3)30-31(27(33)36-22)16-14-18-8-11-20(12-9-18)29-26(32)21-7-5-6-15-28-21/h5-13,15,17,22H,4,14,16H2,1-3H3,(H,29,32). The fourth-order valence-electron chi connectivity index (χ4n) is 3.81. The predicted molar refractivity (Wildman–Crippen MR) is 136 cm³/mol. The number of nitrogens with zero attached hydrogens (tertiary/aromatic N) is 3. The molecule has 9 heteroatoms. The van der Waals surface area contributed by atoms with Crippen molar-refractivity contribution in [1.82, 2.24) is 9.99 Å². The van der Waals surface area contributed by atoms with Crippen molar-refractivity contribution >= 4 is 23.4 Å². The molecule has 36 heavy (non-hydrogen) atoms. The molecule has 9 nitrogen and oxygen atoms in total. The van der Waals surface area contributed by atoms with Crippen LogP contribution in [0.3, 0.4) is 0 Å². The Morgan fingerprint density at radius 2 is 1.83 bits per heavy atom.